The molecular weight excluding hydrogens is 610 g/mol. The van der Waals surface area contributed by atoms with Gasteiger partial charge < -0.3 is 41.0 Å². The Hall–Kier alpha value is -3.79. The van der Waals surface area contributed by atoms with Crippen LogP contribution in [0, 0.1) is 10.1 Å². The third kappa shape index (κ3) is 11.0. The molecule has 3 rings (SSSR count). The second-order valence-corrected chi connectivity index (χ2v) is 12.4. The van der Waals surface area contributed by atoms with E-state index in [-0.39, 0.29) is 78.5 Å². The minimum Gasteiger partial charge on any atom is -0.493 e. The summed E-state index contributed by atoms with van der Waals surface area (Å²) in [6, 6.07) is 1.69. The van der Waals surface area contributed by atoms with Crippen LogP contribution in [0.15, 0.2) is 12.1 Å². The van der Waals surface area contributed by atoms with Crippen LogP contribution in [-0.2, 0) is 14.4 Å². The van der Waals surface area contributed by atoms with Gasteiger partial charge in [-0.2, -0.15) is 11.8 Å². The van der Waals surface area contributed by atoms with Gasteiger partial charge in [0, 0.05) is 30.4 Å². The lowest BCUT2D eigenvalue weighted by Gasteiger charge is -2.17. The van der Waals surface area contributed by atoms with Gasteiger partial charge >= 0.3 is 12.0 Å². The van der Waals surface area contributed by atoms with Crippen molar-refractivity contribution in [3.05, 3.63) is 27.8 Å². The molecule has 0 spiro atoms. The third-order valence-corrected chi connectivity index (χ3v) is 9.23. The van der Waals surface area contributed by atoms with Gasteiger partial charge in [-0.1, -0.05) is 6.42 Å². The Morgan fingerprint density at radius 1 is 1.11 bits per heavy atom. The number of carbonyl (C=O) groups excluding carboxylic acids is 3. The number of nitrogens with one attached hydrogen (secondary N) is 4. The van der Waals surface area contributed by atoms with Crippen molar-refractivity contribution in [1.29, 1.82) is 0 Å². The van der Waals surface area contributed by atoms with E-state index in [9.17, 15) is 39.5 Å². The van der Waals surface area contributed by atoms with Crippen molar-refractivity contribution in [3.63, 3.8) is 0 Å². The molecule has 16 heteroatoms. The van der Waals surface area contributed by atoms with Crippen molar-refractivity contribution in [2.75, 3.05) is 26.0 Å². The number of rotatable bonds is 20. The number of hydrogen-bond acceptors (Lipinski definition) is 10. The van der Waals surface area contributed by atoms with Crippen LogP contribution in [0.3, 0.4) is 0 Å². The first-order chi connectivity index (χ1) is 21.5. The zero-order chi connectivity index (χ0) is 32.9. The van der Waals surface area contributed by atoms with Crippen LogP contribution >= 0.6 is 11.8 Å². The van der Waals surface area contributed by atoms with E-state index in [1.165, 1.54) is 26.2 Å². The molecule has 0 bridgehead atoms. The van der Waals surface area contributed by atoms with Gasteiger partial charge in [-0.05, 0) is 51.5 Å². The molecule has 250 valence electrons. The number of fused-ring (bicyclic) bond motifs is 1. The lowest BCUT2D eigenvalue weighted by atomic mass is 10.0. The number of aliphatic hydroxyl groups excluding tert-OH is 1. The first kappa shape index (κ1) is 35.7. The third-order valence-electron chi connectivity index (χ3n) is 7.72. The largest absolute Gasteiger partial charge is 0.493 e. The number of methoxy groups -OCH3 is 1. The lowest BCUT2D eigenvalue weighted by Crippen LogP contribution is -2.40. The molecule has 5 atom stereocenters. The summed E-state index contributed by atoms with van der Waals surface area (Å²) in [6.07, 6.45) is 3.22. The molecule has 2 aliphatic heterocycles. The molecule has 45 heavy (non-hydrogen) atoms. The van der Waals surface area contributed by atoms with E-state index in [2.05, 4.69) is 21.3 Å². The van der Waals surface area contributed by atoms with Crippen molar-refractivity contribution in [1.82, 2.24) is 21.3 Å². The van der Waals surface area contributed by atoms with Gasteiger partial charge in [0.15, 0.2) is 11.5 Å². The number of aliphatic carboxylic acids is 1. The second kappa shape index (κ2) is 17.6. The van der Waals surface area contributed by atoms with E-state index in [0.717, 1.165) is 18.6 Å². The number of urea groups is 1. The van der Waals surface area contributed by atoms with E-state index in [4.69, 9.17) is 9.47 Å². The highest BCUT2D eigenvalue weighted by Crippen LogP contribution is 2.37. The number of nitro groups is 1. The summed E-state index contributed by atoms with van der Waals surface area (Å²) >= 11 is 1.82. The average Bonchev–Trinajstić information content (AvgIpc) is 3.55. The number of hydrogen-bond donors (Lipinski definition) is 6. The Morgan fingerprint density at radius 3 is 2.56 bits per heavy atom. The monoisotopic (exact) mass is 653 g/mol. The van der Waals surface area contributed by atoms with Crippen molar-refractivity contribution in [2.24, 2.45) is 0 Å². The quantitative estimate of drug-likeness (QED) is 0.0519. The fourth-order valence-corrected chi connectivity index (χ4v) is 6.88. The van der Waals surface area contributed by atoms with Gasteiger partial charge in [0.2, 0.25) is 11.8 Å². The van der Waals surface area contributed by atoms with Gasteiger partial charge in [-0.25, -0.2) is 9.59 Å². The van der Waals surface area contributed by atoms with E-state index < -0.39 is 23.0 Å². The fourth-order valence-electron chi connectivity index (χ4n) is 5.33. The predicted octanol–water partition coefficient (Wildman–Crippen LogP) is 2.40. The molecule has 0 radical (unpaired) electrons. The van der Waals surface area contributed by atoms with Gasteiger partial charge in [0.05, 0.1) is 48.5 Å². The number of benzene rings is 1. The van der Waals surface area contributed by atoms with Crippen molar-refractivity contribution < 1.29 is 43.8 Å². The van der Waals surface area contributed by atoms with Crippen LogP contribution in [0.1, 0.15) is 76.4 Å². The standard InChI is InChI=1S/C29H43N5O10S/c1-17(35)18-14-22(43-2)23(15-21(18)34(41)42)44-13-7-11-25(36)30-12-6-5-8-19(28(38)39)31-26(37)10-4-3-9-24-27-20(16-45-24)32-29(40)33-27/h14-15,17,19-20,24,27,35H,3-13,16H2,1-2H3,(H,30,36)(H,31,37)(H,38,39)(H2,32,33,40)/t17?,19-,20-,24-,27-/m0/s1. The SMILES string of the molecule is COc1cc(C(C)O)c([N+](=O)[O-])cc1OCCCC(=O)NCCCC[C@H](NC(=O)CCCC[C@@H]1SC[C@@H]2NC(=O)N[C@@H]21)C(=O)O. The van der Waals surface area contributed by atoms with Crippen LogP contribution in [0.25, 0.3) is 0 Å². The second-order valence-electron chi connectivity index (χ2n) is 11.1. The summed E-state index contributed by atoms with van der Waals surface area (Å²) in [7, 11) is 1.38. The zero-order valence-electron chi connectivity index (χ0n) is 25.5. The van der Waals surface area contributed by atoms with Crippen LogP contribution < -0.4 is 30.7 Å². The Labute approximate surface area is 265 Å². The smallest absolute Gasteiger partial charge is 0.326 e. The summed E-state index contributed by atoms with van der Waals surface area (Å²) in [4.78, 5) is 58.4. The molecule has 4 amide bonds. The van der Waals surface area contributed by atoms with Crippen molar-refractivity contribution in [2.45, 2.75) is 94.2 Å². The summed E-state index contributed by atoms with van der Waals surface area (Å²) in [5, 5.41) is 42.2. The van der Waals surface area contributed by atoms with E-state index in [0.29, 0.717) is 37.5 Å². The molecule has 6 N–H and O–H groups in total. The number of nitro benzene ring substituents is 1. The maximum atomic E-state index is 12.3. The fraction of sp³-hybridized carbons (Fsp3) is 0.655. The Kier molecular flexibility index (Phi) is 14.0. The molecule has 2 saturated heterocycles. The maximum absolute atomic E-state index is 12.3. The number of ether oxygens (including phenoxy) is 2. The van der Waals surface area contributed by atoms with Crippen LogP contribution in [0.4, 0.5) is 10.5 Å². The molecule has 2 fully saturated rings. The molecule has 0 aliphatic carbocycles. The molecule has 0 aromatic heterocycles. The number of unbranched alkanes of at least 4 members (excludes halogenated alkanes) is 2. The molecular formula is C29H43N5O10S. The summed E-state index contributed by atoms with van der Waals surface area (Å²) < 4.78 is 10.8. The Bertz CT molecular complexity index is 1220. The number of aliphatic hydroxyl groups is 1. The van der Waals surface area contributed by atoms with Gasteiger partial charge in [0.25, 0.3) is 5.69 Å². The summed E-state index contributed by atoms with van der Waals surface area (Å²) in [6.45, 7) is 1.86. The predicted molar refractivity (Wildman–Crippen MR) is 165 cm³/mol. The van der Waals surface area contributed by atoms with Crippen molar-refractivity contribution in [3.8, 4) is 11.5 Å². The number of amides is 4. The topological polar surface area (TPSA) is 218 Å². The molecule has 1 aromatic rings. The highest BCUT2D eigenvalue weighted by atomic mass is 32.2. The first-order valence-electron chi connectivity index (χ1n) is 15.1. The number of carboxylic acid groups (broad SMARTS) is 1. The highest BCUT2D eigenvalue weighted by Gasteiger charge is 2.42. The van der Waals surface area contributed by atoms with E-state index in [1.807, 2.05) is 11.8 Å². The number of thioether (sulfide) groups is 1. The number of carboxylic acids is 1. The maximum Gasteiger partial charge on any atom is 0.326 e. The minimum absolute atomic E-state index is 0.101. The van der Waals surface area contributed by atoms with Crippen LogP contribution in [-0.4, -0.2) is 88.3 Å². The summed E-state index contributed by atoms with van der Waals surface area (Å²) in [5.41, 5.74) is -0.195. The molecule has 0 saturated carbocycles. The molecule has 1 aromatic carbocycles. The molecule has 2 aliphatic rings. The van der Waals surface area contributed by atoms with Gasteiger partial charge in [-0.15, -0.1) is 0 Å². The highest BCUT2D eigenvalue weighted by molar-refractivity contribution is 8.00. The Morgan fingerprint density at radius 2 is 1.87 bits per heavy atom. The normalized spacial score (nSPS) is 19.9. The Balaban J connectivity index is 1.26. The van der Waals surface area contributed by atoms with Crippen LogP contribution in [0.5, 0.6) is 11.5 Å². The van der Waals surface area contributed by atoms with E-state index >= 15 is 0 Å². The van der Waals surface area contributed by atoms with Crippen LogP contribution in [0.2, 0.25) is 0 Å². The minimum atomic E-state index is -1.10. The first-order valence-corrected chi connectivity index (χ1v) is 16.2. The van der Waals surface area contributed by atoms with Gasteiger partial charge in [0.1, 0.15) is 6.04 Å². The van der Waals surface area contributed by atoms with Gasteiger partial charge in [-0.3, -0.25) is 19.7 Å². The molecule has 1 unspecified atom stereocenters. The van der Waals surface area contributed by atoms with E-state index in [1.54, 1.807) is 0 Å². The van der Waals surface area contributed by atoms with Crippen molar-refractivity contribution >= 4 is 41.3 Å². The number of nitrogens with zero attached hydrogens (tertiary/aromatic N) is 1. The molecule has 2 heterocycles. The zero-order valence-corrected chi connectivity index (χ0v) is 26.4. The lowest BCUT2D eigenvalue weighted by molar-refractivity contribution is -0.386. The average molecular weight is 654 g/mol. The number of carbonyl (C=O) groups is 4. The summed E-state index contributed by atoms with van der Waals surface area (Å²) in [5.74, 6) is -0.394. The molecule has 15 nitrogen and oxygen atoms in total.